The third kappa shape index (κ3) is 5.19. The van der Waals surface area contributed by atoms with Crippen LogP contribution in [0.25, 0.3) is 0 Å². The molecular weight excluding hydrogens is 476 g/mol. The normalized spacial score (nSPS) is 20.2. The van der Waals surface area contributed by atoms with Gasteiger partial charge < -0.3 is 15.1 Å². The number of anilines is 2. The third-order valence-corrected chi connectivity index (χ3v) is 7.36. The number of aromatic nitrogens is 2. The summed E-state index contributed by atoms with van der Waals surface area (Å²) in [6.07, 6.45) is 6.57. The van der Waals surface area contributed by atoms with Gasteiger partial charge in [0.1, 0.15) is 22.7 Å². The Morgan fingerprint density at radius 1 is 1.06 bits per heavy atom. The first-order chi connectivity index (χ1) is 15.6. The number of amides is 1. The maximum Gasteiger partial charge on any atom is 0.245 e. The van der Waals surface area contributed by atoms with E-state index in [4.69, 9.17) is 11.6 Å². The minimum atomic E-state index is -3.76. The van der Waals surface area contributed by atoms with Crippen molar-refractivity contribution < 1.29 is 22.0 Å². The number of likely N-dealkylation sites (tertiary alicyclic amines) is 1. The van der Waals surface area contributed by atoms with Crippen LogP contribution in [0.5, 0.6) is 0 Å². The van der Waals surface area contributed by atoms with E-state index < -0.39 is 38.1 Å². The fraction of sp³-hybridized carbons (Fsp3) is 0.476. The van der Waals surface area contributed by atoms with Crippen LogP contribution in [0.15, 0.2) is 29.4 Å². The van der Waals surface area contributed by atoms with Gasteiger partial charge in [-0.3, -0.25) is 4.79 Å². The number of carbonyl (C=O) groups excluding carboxylic acids is 1. The van der Waals surface area contributed by atoms with Gasteiger partial charge in [-0.25, -0.2) is 27.2 Å². The molecule has 2 fully saturated rings. The van der Waals surface area contributed by atoms with Crippen LogP contribution in [-0.2, 0) is 14.6 Å². The van der Waals surface area contributed by atoms with Crippen LogP contribution in [0.3, 0.4) is 0 Å². The highest BCUT2D eigenvalue weighted by atomic mass is 35.5. The number of rotatable bonds is 5. The number of hydrogen-bond donors (Lipinski definition) is 1. The summed E-state index contributed by atoms with van der Waals surface area (Å²) in [5, 5.41) is 3.00. The maximum absolute atomic E-state index is 14.5. The van der Waals surface area contributed by atoms with Crippen molar-refractivity contribution in [1.82, 2.24) is 14.9 Å². The van der Waals surface area contributed by atoms with Crippen molar-refractivity contribution in [2.75, 3.05) is 36.1 Å². The van der Waals surface area contributed by atoms with Gasteiger partial charge in [0.2, 0.25) is 5.91 Å². The van der Waals surface area contributed by atoms with E-state index in [2.05, 4.69) is 20.2 Å². The van der Waals surface area contributed by atoms with Crippen LogP contribution < -0.4 is 10.2 Å². The van der Waals surface area contributed by atoms with E-state index in [1.807, 2.05) is 0 Å². The topological polar surface area (TPSA) is 95.5 Å². The Morgan fingerprint density at radius 3 is 2.30 bits per heavy atom. The highest BCUT2D eigenvalue weighted by Gasteiger charge is 2.35. The van der Waals surface area contributed by atoms with Crippen molar-refractivity contribution in [3.05, 3.63) is 41.3 Å². The largest absolute Gasteiger partial charge is 0.369 e. The number of halogens is 3. The summed E-state index contributed by atoms with van der Waals surface area (Å²) in [6.45, 7) is 1.97. The molecule has 2 aromatic rings. The second kappa shape index (κ2) is 9.38. The minimum Gasteiger partial charge on any atom is -0.369 e. The van der Waals surface area contributed by atoms with Crippen molar-refractivity contribution in [2.45, 2.75) is 42.7 Å². The molecule has 0 aliphatic carbocycles. The minimum absolute atomic E-state index is 0.0147. The highest BCUT2D eigenvalue weighted by Crippen LogP contribution is 2.28. The molecule has 12 heteroatoms. The molecule has 4 rings (SSSR count). The lowest BCUT2D eigenvalue weighted by Crippen LogP contribution is -2.54. The van der Waals surface area contributed by atoms with Crippen LogP contribution in [0.4, 0.5) is 20.3 Å². The Balaban J connectivity index is 1.42. The number of benzene rings is 1. The molecule has 2 saturated heterocycles. The van der Waals surface area contributed by atoms with Gasteiger partial charge in [-0.15, -0.1) is 0 Å². The average Bonchev–Trinajstić information content (AvgIpc) is 2.77. The summed E-state index contributed by atoms with van der Waals surface area (Å²) < 4.78 is 52.2. The zero-order valence-corrected chi connectivity index (χ0v) is 19.5. The van der Waals surface area contributed by atoms with Crippen molar-refractivity contribution in [3.8, 4) is 0 Å². The van der Waals surface area contributed by atoms with E-state index in [9.17, 15) is 22.0 Å². The lowest BCUT2D eigenvalue weighted by Gasteiger charge is -2.42. The molecule has 2 aliphatic heterocycles. The van der Waals surface area contributed by atoms with Gasteiger partial charge in [0.05, 0.1) is 17.3 Å². The molecule has 0 bridgehead atoms. The SMILES string of the molecule is CS(=O)(=O)c1cc(F)c(NC2CCCN(C3CCN(c4cnc(Cl)cn4)CC3)C2=O)c(F)c1. The van der Waals surface area contributed by atoms with E-state index in [-0.39, 0.29) is 11.9 Å². The Labute approximate surface area is 195 Å². The number of sulfone groups is 1. The second-order valence-corrected chi connectivity index (χ2v) is 10.7. The molecule has 33 heavy (non-hydrogen) atoms. The molecule has 0 spiro atoms. The lowest BCUT2D eigenvalue weighted by atomic mass is 9.97. The van der Waals surface area contributed by atoms with Gasteiger partial charge in [-0.05, 0) is 37.8 Å². The first-order valence-corrected chi connectivity index (χ1v) is 12.9. The Morgan fingerprint density at radius 2 is 1.73 bits per heavy atom. The molecule has 1 N–H and O–H groups in total. The standard InChI is InChI=1S/C21H24ClF2N5O3S/c1-33(31,32)14-9-15(23)20(16(24)10-14)27-17-3-2-6-29(21(17)30)13-4-7-28(8-5-13)19-12-25-18(22)11-26-19/h9-13,17,27H,2-8H2,1H3. The van der Waals surface area contributed by atoms with Crippen LogP contribution >= 0.6 is 11.6 Å². The molecule has 1 unspecified atom stereocenters. The summed E-state index contributed by atoms with van der Waals surface area (Å²) in [5.74, 6) is -1.57. The summed E-state index contributed by atoms with van der Waals surface area (Å²) in [6, 6.07) is 0.760. The number of hydrogen-bond acceptors (Lipinski definition) is 7. The van der Waals surface area contributed by atoms with Crippen molar-refractivity contribution in [2.24, 2.45) is 0 Å². The third-order valence-electron chi connectivity index (χ3n) is 6.07. The fourth-order valence-electron chi connectivity index (χ4n) is 4.35. The molecule has 0 saturated carbocycles. The molecule has 8 nitrogen and oxygen atoms in total. The number of carbonyl (C=O) groups is 1. The monoisotopic (exact) mass is 499 g/mol. The van der Waals surface area contributed by atoms with Crippen molar-refractivity contribution in [1.29, 1.82) is 0 Å². The molecule has 2 aliphatic rings. The zero-order chi connectivity index (χ0) is 23.8. The number of nitrogens with zero attached hydrogens (tertiary/aromatic N) is 4. The van der Waals surface area contributed by atoms with Crippen molar-refractivity contribution in [3.63, 3.8) is 0 Å². The van der Waals surface area contributed by atoms with Crippen molar-refractivity contribution >= 4 is 38.9 Å². The first-order valence-electron chi connectivity index (χ1n) is 10.6. The predicted octanol–water partition coefficient (Wildman–Crippen LogP) is 2.88. The van der Waals surface area contributed by atoms with E-state index >= 15 is 0 Å². The average molecular weight is 500 g/mol. The molecule has 1 atom stereocenters. The second-order valence-electron chi connectivity index (χ2n) is 8.32. The molecule has 0 radical (unpaired) electrons. The van der Waals surface area contributed by atoms with Crippen LogP contribution in [-0.4, -0.2) is 67.2 Å². The Kier molecular flexibility index (Phi) is 6.71. The predicted molar refractivity (Wildman–Crippen MR) is 120 cm³/mol. The van der Waals surface area contributed by atoms with Gasteiger partial charge in [0, 0.05) is 31.9 Å². The summed E-state index contributed by atoms with van der Waals surface area (Å²) >= 11 is 5.79. The number of nitrogens with one attached hydrogen (secondary N) is 1. The summed E-state index contributed by atoms with van der Waals surface area (Å²) in [7, 11) is -3.76. The quantitative estimate of drug-likeness (QED) is 0.675. The molecule has 178 valence electrons. The maximum atomic E-state index is 14.5. The molecule has 3 heterocycles. The molecule has 1 amide bonds. The van der Waals surface area contributed by atoms with E-state index in [1.54, 1.807) is 11.1 Å². The molecular formula is C21H24ClF2N5O3S. The Hall–Kier alpha value is -2.53. The molecule has 1 aromatic carbocycles. The Bertz CT molecular complexity index is 1120. The van der Waals surface area contributed by atoms with E-state index in [0.29, 0.717) is 37.6 Å². The number of piperidine rings is 2. The lowest BCUT2D eigenvalue weighted by molar-refractivity contribution is -0.137. The van der Waals surface area contributed by atoms with Gasteiger partial charge >= 0.3 is 0 Å². The smallest absolute Gasteiger partial charge is 0.245 e. The summed E-state index contributed by atoms with van der Waals surface area (Å²) in [4.78, 5) is 24.9. The van der Waals surface area contributed by atoms with E-state index in [1.165, 1.54) is 6.20 Å². The van der Waals surface area contributed by atoms with Crippen LogP contribution in [0.1, 0.15) is 25.7 Å². The van der Waals surface area contributed by atoms with E-state index in [0.717, 1.165) is 37.0 Å². The van der Waals surface area contributed by atoms with Gasteiger partial charge in [0.25, 0.3) is 0 Å². The first kappa shape index (κ1) is 23.6. The van der Waals surface area contributed by atoms with Crippen LogP contribution in [0, 0.1) is 11.6 Å². The fourth-order valence-corrected chi connectivity index (χ4v) is 5.08. The van der Waals surface area contributed by atoms with Gasteiger partial charge in [-0.1, -0.05) is 11.6 Å². The highest BCUT2D eigenvalue weighted by molar-refractivity contribution is 7.90. The van der Waals surface area contributed by atoms with Gasteiger partial charge in [-0.2, -0.15) is 0 Å². The van der Waals surface area contributed by atoms with Crippen LogP contribution in [0.2, 0.25) is 5.15 Å². The molecule has 1 aromatic heterocycles. The van der Waals surface area contributed by atoms with Gasteiger partial charge in [0.15, 0.2) is 21.5 Å². The summed E-state index contributed by atoms with van der Waals surface area (Å²) in [5.41, 5.74) is -0.487. The zero-order valence-electron chi connectivity index (χ0n) is 18.0.